The second-order valence-corrected chi connectivity index (χ2v) is 8.25. The maximum atomic E-state index is 14.5. The van der Waals surface area contributed by atoms with Crippen LogP contribution in [0.25, 0.3) is 0 Å². The lowest BCUT2D eigenvalue weighted by Gasteiger charge is -2.27. The zero-order chi connectivity index (χ0) is 21.7. The Kier molecular flexibility index (Phi) is 8.29. The second kappa shape index (κ2) is 10.3. The largest absolute Gasteiger partial charge is 0.392 e. The molecule has 1 atom stereocenters. The van der Waals surface area contributed by atoms with Gasteiger partial charge in [-0.05, 0) is 41.9 Å². The van der Waals surface area contributed by atoms with Crippen molar-refractivity contribution >= 4 is 0 Å². The smallest absolute Gasteiger partial charge is 0.132 e. The van der Waals surface area contributed by atoms with Crippen LogP contribution in [-0.2, 0) is 13.0 Å². The Balaban J connectivity index is 2.79. The van der Waals surface area contributed by atoms with Gasteiger partial charge in [0, 0.05) is 28.6 Å². The summed E-state index contributed by atoms with van der Waals surface area (Å²) in [5.41, 5.74) is 3.54. The SMILES string of the molecule is CCCCCc1c(C(C)C)nc(C(C)C)c(CO)c1C(O)c1ccc(F)cc1F. The summed E-state index contributed by atoms with van der Waals surface area (Å²) in [7, 11) is 0. The number of hydrogen-bond acceptors (Lipinski definition) is 3. The molecule has 5 heteroatoms. The van der Waals surface area contributed by atoms with Crippen molar-refractivity contribution in [3.8, 4) is 0 Å². The first-order valence-corrected chi connectivity index (χ1v) is 10.5. The van der Waals surface area contributed by atoms with Gasteiger partial charge in [0.2, 0.25) is 0 Å². The molecule has 29 heavy (non-hydrogen) atoms. The first-order valence-electron chi connectivity index (χ1n) is 10.5. The maximum absolute atomic E-state index is 14.5. The molecule has 1 unspecified atom stereocenters. The quantitative estimate of drug-likeness (QED) is 0.510. The molecule has 0 spiro atoms. The summed E-state index contributed by atoms with van der Waals surface area (Å²) in [6, 6.07) is 3.20. The van der Waals surface area contributed by atoms with Crippen molar-refractivity contribution in [2.45, 2.75) is 84.8 Å². The normalized spacial score (nSPS) is 12.8. The van der Waals surface area contributed by atoms with Gasteiger partial charge in [0.1, 0.15) is 17.7 Å². The summed E-state index contributed by atoms with van der Waals surface area (Å²) in [6.07, 6.45) is 2.38. The van der Waals surface area contributed by atoms with Crippen LogP contribution in [0.2, 0.25) is 0 Å². The van der Waals surface area contributed by atoms with E-state index < -0.39 is 17.7 Å². The summed E-state index contributed by atoms with van der Waals surface area (Å²) < 4.78 is 27.9. The predicted molar refractivity (Wildman–Crippen MR) is 112 cm³/mol. The molecule has 2 N–H and O–H groups in total. The van der Waals surface area contributed by atoms with Gasteiger partial charge in [-0.1, -0.05) is 53.5 Å². The molecule has 2 aromatic rings. The molecule has 1 aromatic heterocycles. The lowest BCUT2D eigenvalue weighted by Crippen LogP contribution is -2.18. The zero-order valence-corrected chi connectivity index (χ0v) is 18.1. The molecule has 0 saturated carbocycles. The minimum absolute atomic E-state index is 0.00783. The summed E-state index contributed by atoms with van der Waals surface area (Å²) in [5, 5.41) is 21.4. The van der Waals surface area contributed by atoms with Crippen molar-refractivity contribution in [3.63, 3.8) is 0 Å². The molecule has 0 saturated heterocycles. The fourth-order valence-corrected chi connectivity index (χ4v) is 3.87. The Morgan fingerprint density at radius 1 is 0.966 bits per heavy atom. The number of benzene rings is 1. The highest BCUT2D eigenvalue weighted by atomic mass is 19.1. The van der Waals surface area contributed by atoms with Crippen LogP contribution >= 0.6 is 0 Å². The first kappa shape index (κ1) is 23.4. The standard InChI is InChI=1S/C24H33F2NO2/c1-6-7-8-9-18-21(24(29)17-11-10-16(25)12-20(17)26)19(13-28)23(15(4)5)27-22(18)14(2)3/h10-12,14-15,24,28-29H,6-9,13H2,1-5H3. The van der Waals surface area contributed by atoms with Crippen LogP contribution < -0.4 is 0 Å². The number of rotatable bonds is 9. The van der Waals surface area contributed by atoms with Crippen LogP contribution in [0.5, 0.6) is 0 Å². The maximum Gasteiger partial charge on any atom is 0.132 e. The minimum Gasteiger partial charge on any atom is -0.392 e. The van der Waals surface area contributed by atoms with Crippen molar-refractivity contribution in [1.82, 2.24) is 4.98 Å². The molecule has 0 aliphatic heterocycles. The fourth-order valence-electron chi connectivity index (χ4n) is 3.87. The van der Waals surface area contributed by atoms with E-state index in [1.807, 2.05) is 27.7 Å². The molecular weight excluding hydrogens is 372 g/mol. The third-order valence-corrected chi connectivity index (χ3v) is 5.32. The zero-order valence-electron chi connectivity index (χ0n) is 18.1. The minimum atomic E-state index is -1.30. The summed E-state index contributed by atoms with van der Waals surface area (Å²) in [6.45, 7) is 9.88. The molecule has 0 fully saturated rings. The first-order chi connectivity index (χ1) is 13.7. The van der Waals surface area contributed by atoms with E-state index in [4.69, 9.17) is 4.98 Å². The van der Waals surface area contributed by atoms with E-state index in [0.717, 1.165) is 42.7 Å². The Hall–Kier alpha value is -1.85. The molecule has 0 bridgehead atoms. The van der Waals surface area contributed by atoms with E-state index in [1.54, 1.807) is 0 Å². The molecule has 1 heterocycles. The van der Waals surface area contributed by atoms with Gasteiger partial charge in [-0.2, -0.15) is 0 Å². The Labute approximate surface area is 172 Å². The van der Waals surface area contributed by atoms with Crippen molar-refractivity contribution in [1.29, 1.82) is 0 Å². The van der Waals surface area contributed by atoms with Gasteiger partial charge in [0.15, 0.2) is 0 Å². The number of aliphatic hydroxyl groups is 2. The lowest BCUT2D eigenvalue weighted by atomic mass is 9.84. The average Bonchev–Trinajstić information content (AvgIpc) is 2.66. The Morgan fingerprint density at radius 3 is 2.10 bits per heavy atom. The third-order valence-electron chi connectivity index (χ3n) is 5.32. The highest BCUT2D eigenvalue weighted by Gasteiger charge is 2.28. The van der Waals surface area contributed by atoms with E-state index in [2.05, 4.69) is 6.92 Å². The van der Waals surface area contributed by atoms with E-state index in [9.17, 15) is 19.0 Å². The molecule has 3 nitrogen and oxygen atoms in total. The van der Waals surface area contributed by atoms with Crippen LogP contribution in [-0.4, -0.2) is 15.2 Å². The van der Waals surface area contributed by atoms with E-state index >= 15 is 0 Å². The molecule has 0 aliphatic rings. The lowest BCUT2D eigenvalue weighted by molar-refractivity contribution is 0.205. The second-order valence-electron chi connectivity index (χ2n) is 8.25. The van der Waals surface area contributed by atoms with E-state index in [-0.39, 0.29) is 24.0 Å². The molecular formula is C24H33F2NO2. The highest BCUT2D eigenvalue weighted by molar-refractivity contribution is 5.47. The number of aromatic nitrogens is 1. The third kappa shape index (κ3) is 5.20. The van der Waals surface area contributed by atoms with Crippen molar-refractivity contribution in [3.05, 3.63) is 63.5 Å². The van der Waals surface area contributed by atoms with Gasteiger partial charge < -0.3 is 10.2 Å². The van der Waals surface area contributed by atoms with E-state index in [0.29, 0.717) is 23.2 Å². The number of unbranched alkanes of at least 4 members (excludes halogenated alkanes) is 2. The molecule has 1 aromatic carbocycles. The van der Waals surface area contributed by atoms with Crippen LogP contribution in [0.4, 0.5) is 8.78 Å². The topological polar surface area (TPSA) is 53.4 Å². The molecule has 2 rings (SSSR count). The summed E-state index contributed by atoms with van der Waals surface area (Å²) in [4.78, 5) is 4.87. The van der Waals surface area contributed by atoms with Gasteiger partial charge >= 0.3 is 0 Å². The van der Waals surface area contributed by atoms with Crippen LogP contribution in [0.1, 0.15) is 105 Å². The van der Waals surface area contributed by atoms with Crippen LogP contribution in [0.15, 0.2) is 18.2 Å². The number of hydrogen-bond donors (Lipinski definition) is 2. The number of pyridine rings is 1. The molecule has 0 radical (unpaired) electrons. The summed E-state index contributed by atoms with van der Waals surface area (Å²) >= 11 is 0. The van der Waals surface area contributed by atoms with E-state index in [1.165, 1.54) is 6.07 Å². The number of halogens is 2. The van der Waals surface area contributed by atoms with Gasteiger partial charge in [0.25, 0.3) is 0 Å². The molecule has 160 valence electrons. The molecule has 0 amide bonds. The Morgan fingerprint density at radius 2 is 1.59 bits per heavy atom. The van der Waals surface area contributed by atoms with Crippen molar-refractivity contribution < 1.29 is 19.0 Å². The number of aliphatic hydroxyl groups excluding tert-OH is 2. The van der Waals surface area contributed by atoms with Crippen molar-refractivity contribution in [2.24, 2.45) is 0 Å². The average molecular weight is 406 g/mol. The monoisotopic (exact) mass is 405 g/mol. The van der Waals surface area contributed by atoms with Gasteiger partial charge in [-0.15, -0.1) is 0 Å². The van der Waals surface area contributed by atoms with Gasteiger partial charge in [-0.25, -0.2) is 8.78 Å². The summed E-state index contributed by atoms with van der Waals surface area (Å²) in [5.74, 6) is -1.34. The van der Waals surface area contributed by atoms with Gasteiger partial charge in [0.05, 0.1) is 6.61 Å². The van der Waals surface area contributed by atoms with Crippen LogP contribution in [0, 0.1) is 11.6 Å². The highest BCUT2D eigenvalue weighted by Crippen LogP contribution is 2.37. The fraction of sp³-hybridized carbons (Fsp3) is 0.542. The number of nitrogens with zero attached hydrogens (tertiary/aromatic N) is 1. The molecule has 0 aliphatic carbocycles. The van der Waals surface area contributed by atoms with Gasteiger partial charge in [-0.3, -0.25) is 4.98 Å². The Bertz CT molecular complexity index is 834. The van der Waals surface area contributed by atoms with Crippen LogP contribution in [0.3, 0.4) is 0 Å². The predicted octanol–water partition coefficient (Wildman–Crippen LogP) is 5.91. The van der Waals surface area contributed by atoms with Crippen molar-refractivity contribution in [2.75, 3.05) is 0 Å².